The van der Waals surface area contributed by atoms with Crippen LogP contribution in [0.2, 0.25) is 5.02 Å². The highest BCUT2D eigenvalue weighted by Crippen LogP contribution is 2.32. The van der Waals surface area contributed by atoms with E-state index in [0.717, 1.165) is 31.5 Å². The SMILES string of the molecule is CC(C)CN1CCCC(N)C1c1ccc(Cl)c(F)c1. The Kier molecular flexibility index (Phi) is 4.82. The number of nitrogens with two attached hydrogens (primary N) is 1. The van der Waals surface area contributed by atoms with Crippen LogP contribution in [-0.4, -0.2) is 24.0 Å². The summed E-state index contributed by atoms with van der Waals surface area (Å²) in [5.74, 6) is 0.214. The van der Waals surface area contributed by atoms with Gasteiger partial charge < -0.3 is 5.73 Å². The Hall–Kier alpha value is -0.640. The molecule has 1 aliphatic rings. The van der Waals surface area contributed by atoms with Crippen molar-refractivity contribution in [3.8, 4) is 0 Å². The Morgan fingerprint density at radius 3 is 2.84 bits per heavy atom. The van der Waals surface area contributed by atoms with E-state index in [0.29, 0.717) is 5.92 Å². The first kappa shape index (κ1) is 14.8. The smallest absolute Gasteiger partial charge is 0.142 e. The van der Waals surface area contributed by atoms with E-state index < -0.39 is 0 Å². The molecule has 0 bridgehead atoms. The van der Waals surface area contributed by atoms with Crippen LogP contribution in [0, 0.1) is 11.7 Å². The van der Waals surface area contributed by atoms with E-state index in [4.69, 9.17) is 17.3 Å². The summed E-state index contributed by atoms with van der Waals surface area (Å²) in [7, 11) is 0. The van der Waals surface area contributed by atoms with E-state index in [9.17, 15) is 4.39 Å². The molecule has 4 heteroatoms. The quantitative estimate of drug-likeness (QED) is 0.919. The Labute approximate surface area is 119 Å². The monoisotopic (exact) mass is 284 g/mol. The number of hydrogen-bond donors (Lipinski definition) is 1. The van der Waals surface area contributed by atoms with Crippen LogP contribution in [-0.2, 0) is 0 Å². The molecule has 0 aromatic heterocycles. The first-order valence-electron chi connectivity index (χ1n) is 6.93. The van der Waals surface area contributed by atoms with Crippen molar-refractivity contribution in [1.29, 1.82) is 0 Å². The maximum atomic E-state index is 13.7. The summed E-state index contributed by atoms with van der Waals surface area (Å²) in [6.45, 7) is 6.41. The van der Waals surface area contributed by atoms with E-state index in [-0.39, 0.29) is 22.9 Å². The highest BCUT2D eigenvalue weighted by Gasteiger charge is 2.30. The van der Waals surface area contributed by atoms with Gasteiger partial charge in [-0.25, -0.2) is 4.39 Å². The predicted octanol–water partition coefficient (Wildman–Crippen LogP) is 3.60. The van der Waals surface area contributed by atoms with Gasteiger partial charge in [-0.3, -0.25) is 4.90 Å². The summed E-state index contributed by atoms with van der Waals surface area (Å²) in [5, 5.41) is 0.170. The molecule has 1 heterocycles. The Morgan fingerprint density at radius 1 is 1.47 bits per heavy atom. The molecule has 0 amide bonds. The van der Waals surface area contributed by atoms with Crippen LogP contribution in [0.15, 0.2) is 18.2 Å². The maximum absolute atomic E-state index is 13.7. The second-order valence-corrected chi connectivity index (χ2v) is 6.22. The average molecular weight is 285 g/mol. The highest BCUT2D eigenvalue weighted by atomic mass is 35.5. The second kappa shape index (κ2) is 6.21. The Morgan fingerprint density at radius 2 is 2.21 bits per heavy atom. The van der Waals surface area contributed by atoms with Gasteiger partial charge in [-0.2, -0.15) is 0 Å². The summed E-state index contributed by atoms with van der Waals surface area (Å²) in [6, 6.07) is 5.22. The van der Waals surface area contributed by atoms with Gasteiger partial charge in [0.2, 0.25) is 0 Å². The Balaban J connectivity index is 2.27. The average Bonchev–Trinajstić information content (AvgIpc) is 2.32. The van der Waals surface area contributed by atoms with Crippen molar-refractivity contribution in [3.63, 3.8) is 0 Å². The van der Waals surface area contributed by atoms with E-state index in [1.807, 2.05) is 6.07 Å². The minimum atomic E-state index is -0.360. The zero-order valence-corrected chi connectivity index (χ0v) is 12.3. The number of rotatable bonds is 3. The second-order valence-electron chi connectivity index (χ2n) is 5.81. The van der Waals surface area contributed by atoms with E-state index in [1.165, 1.54) is 6.07 Å². The lowest BCUT2D eigenvalue weighted by Crippen LogP contribution is -2.47. The van der Waals surface area contributed by atoms with E-state index in [1.54, 1.807) is 6.07 Å². The number of piperidine rings is 1. The number of nitrogens with zero attached hydrogens (tertiary/aromatic N) is 1. The fourth-order valence-corrected chi connectivity index (χ4v) is 3.04. The van der Waals surface area contributed by atoms with Crippen LogP contribution in [0.25, 0.3) is 0 Å². The third kappa shape index (κ3) is 3.47. The van der Waals surface area contributed by atoms with Crippen molar-refractivity contribution in [2.75, 3.05) is 13.1 Å². The Bertz CT molecular complexity index is 436. The minimum absolute atomic E-state index is 0.0630. The summed E-state index contributed by atoms with van der Waals surface area (Å²) in [5.41, 5.74) is 7.21. The largest absolute Gasteiger partial charge is 0.326 e. The van der Waals surface area contributed by atoms with Gasteiger partial charge in [0, 0.05) is 18.6 Å². The minimum Gasteiger partial charge on any atom is -0.326 e. The third-order valence-corrected chi connectivity index (χ3v) is 3.97. The molecule has 0 radical (unpaired) electrons. The first-order chi connectivity index (χ1) is 8.99. The zero-order chi connectivity index (χ0) is 14.0. The van der Waals surface area contributed by atoms with Gasteiger partial charge in [-0.05, 0) is 43.0 Å². The van der Waals surface area contributed by atoms with Gasteiger partial charge >= 0.3 is 0 Å². The van der Waals surface area contributed by atoms with Crippen LogP contribution < -0.4 is 5.73 Å². The molecule has 2 atom stereocenters. The van der Waals surface area contributed by atoms with Crippen molar-refractivity contribution in [3.05, 3.63) is 34.6 Å². The van der Waals surface area contributed by atoms with Crippen molar-refractivity contribution in [2.24, 2.45) is 11.7 Å². The van der Waals surface area contributed by atoms with Crippen LogP contribution >= 0.6 is 11.6 Å². The van der Waals surface area contributed by atoms with E-state index in [2.05, 4.69) is 18.7 Å². The molecule has 0 saturated carbocycles. The van der Waals surface area contributed by atoms with Crippen molar-refractivity contribution in [2.45, 2.75) is 38.8 Å². The molecule has 106 valence electrons. The van der Waals surface area contributed by atoms with Gasteiger partial charge in [-0.1, -0.05) is 31.5 Å². The fourth-order valence-electron chi connectivity index (χ4n) is 2.93. The molecule has 0 aliphatic carbocycles. The number of hydrogen-bond acceptors (Lipinski definition) is 2. The summed E-state index contributed by atoms with van der Waals surface area (Å²) in [6.07, 6.45) is 2.10. The van der Waals surface area contributed by atoms with E-state index >= 15 is 0 Å². The van der Waals surface area contributed by atoms with Crippen LogP contribution in [0.5, 0.6) is 0 Å². The number of likely N-dealkylation sites (tertiary alicyclic amines) is 1. The molecule has 2 nitrogen and oxygen atoms in total. The molecule has 1 aromatic rings. The first-order valence-corrected chi connectivity index (χ1v) is 7.31. The van der Waals surface area contributed by atoms with Crippen molar-refractivity contribution in [1.82, 2.24) is 4.90 Å². The lowest BCUT2D eigenvalue weighted by Gasteiger charge is -2.41. The molecular formula is C15H22ClFN2. The van der Waals surface area contributed by atoms with Gasteiger partial charge in [0.1, 0.15) is 5.82 Å². The van der Waals surface area contributed by atoms with Crippen LogP contribution in [0.3, 0.4) is 0 Å². The van der Waals surface area contributed by atoms with Gasteiger partial charge in [0.15, 0.2) is 0 Å². The topological polar surface area (TPSA) is 29.3 Å². The molecule has 2 rings (SSSR count). The molecular weight excluding hydrogens is 263 g/mol. The molecule has 1 aromatic carbocycles. The lowest BCUT2D eigenvalue weighted by molar-refractivity contribution is 0.114. The normalized spacial score (nSPS) is 24.9. The van der Waals surface area contributed by atoms with Gasteiger partial charge in [0.05, 0.1) is 5.02 Å². The van der Waals surface area contributed by atoms with Crippen LogP contribution in [0.1, 0.15) is 38.3 Å². The van der Waals surface area contributed by atoms with Gasteiger partial charge in [0.25, 0.3) is 0 Å². The number of halogens is 2. The molecule has 0 spiro atoms. The van der Waals surface area contributed by atoms with Crippen molar-refractivity contribution < 1.29 is 4.39 Å². The molecule has 1 saturated heterocycles. The lowest BCUT2D eigenvalue weighted by atomic mass is 9.90. The molecule has 2 unspecified atom stereocenters. The highest BCUT2D eigenvalue weighted by molar-refractivity contribution is 6.30. The predicted molar refractivity (Wildman–Crippen MR) is 77.8 cm³/mol. The van der Waals surface area contributed by atoms with Crippen LogP contribution in [0.4, 0.5) is 4.39 Å². The molecule has 2 N–H and O–H groups in total. The maximum Gasteiger partial charge on any atom is 0.142 e. The fraction of sp³-hybridized carbons (Fsp3) is 0.600. The summed E-state index contributed by atoms with van der Waals surface area (Å²) < 4.78 is 13.7. The van der Waals surface area contributed by atoms with Gasteiger partial charge in [-0.15, -0.1) is 0 Å². The zero-order valence-electron chi connectivity index (χ0n) is 11.6. The standard InChI is InChI=1S/C15H22ClFN2/c1-10(2)9-19-7-3-4-14(18)15(19)11-5-6-12(16)13(17)8-11/h5-6,8,10,14-15H,3-4,7,9,18H2,1-2H3. The summed E-state index contributed by atoms with van der Waals surface area (Å²) >= 11 is 5.76. The van der Waals surface area contributed by atoms with Crippen molar-refractivity contribution >= 4 is 11.6 Å². The molecule has 1 aliphatic heterocycles. The molecule has 19 heavy (non-hydrogen) atoms. The third-order valence-electron chi connectivity index (χ3n) is 3.67. The summed E-state index contributed by atoms with van der Waals surface area (Å²) in [4.78, 5) is 2.38. The number of benzene rings is 1. The molecule has 1 fully saturated rings.